The first-order valence-corrected chi connectivity index (χ1v) is 5.02. The van der Waals surface area contributed by atoms with Crippen molar-refractivity contribution in [2.24, 2.45) is 0 Å². The van der Waals surface area contributed by atoms with E-state index in [0.29, 0.717) is 9.50 Å². The Morgan fingerprint density at radius 2 is 2.21 bits per heavy atom. The third kappa shape index (κ3) is 2.97. The molecule has 1 aromatic carbocycles. The lowest BCUT2D eigenvalue weighted by molar-refractivity contribution is -0.146. The fourth-order valence-electron chi connectivity index (χ4n) is 0.977. The molecule has 0 saturated carbocycles. The zero-order valence-corrected chi connectivity index (χ0v) is 9.42. The summed E-state index contributed by atoms with van der Waals surface area (Å²) in [4.78, 5) is 10.4. The first kappa shape index (κ1) is 11.5. The maximum atomic E-state index is 10.4. The van der Waals surface area contributed by atoms with Crippen LogP contribution >= 0.6 is 27.5 Å². The molecule has 14 heavy (non-hydrogen) atoms. The van der Waals surface area contributed by atoms with Gasteiger partial charge in [-0.05, 0) is 33.6 Å². The van der Waals surface area contributed by atoms with Crippen molar-refractivity contribution in [3.63, 3.8) is 0 Å². The van der Waals surface area contributed by atoms with Gasteiger partial charge in [-0.15, -0.1) is 0 Å². The number of aliphatic carboxylic acids is 1. The van der Waals surface area contributed by atoms with E-state index < -0.39 is 12.1 Å². The summed E-state index contributed by atoms with van der Waals surface area (Å²) >= 11 is 8.97. The highest BCUT2D eigenvalue weighted by Gasteiger charge is 2.13. The van der Waals surface area contributed by atoms with Crippen LogP contribution < -0.4 is 0 Å². The summed E-state index contributed by atoms with van der Waals surface area (Å²) < 4.78 is 0.689. The van der Waals surface area contributed by atoms with E-state index in [-0.39, 0.29) is 6.42 Å². The Kier molecular flexibility index (Phi) is 3.92. The van der Waals surface area contributed by atoms with Gasteiger partial charge in [0.2, 0.25) is 0 Å². The third-order valence-electron chi connectivity index (χ3n) is 1.70. The number of carbonyl (C=O) groups is 1. The van der Waals surface area contributed by atoms with Crippen LogP contribution in [0, 0.1) is 0 Å². The normalized spacial score (nSPS) is 12.5. The largest absolute Gasteiger partial charge is 0.479 e. The summed E-state index contributed by atoms with van der Waals surface area (Å²) in [6.07, 6.45) is -1.30. The maximum Gasteiger partial charge on any atom is 0.332 e. The fraction of sp³-hybridized carbons (Fsp3) is 0.222. The van der Waals surface area contributed by atoms with Crippen LogP contribution in [-0.4, -0.2) is 22.3 Å². The van der Waals surface area contributed by atoms with Gasteiger partial charge in [-0.1, -0.05) is 17.7 Å². The van der Waals surface area contributed by atoms with Crippen LogP contribution in [0.4, 0.5) is 0 Å². The van der Waals surface area contributed by atoms with Crippen molar-refractivity contribution in [3.05, 3.63) is 33.3 Å². The zero-order chi connectivity index (χ0) is 10.7. The van der Waals surface area contributed by atoms with Gasteiger partial charge in [0.25, 0.3) is 0 Å². The van der Waals surface area contributed by atoms with Gasteiger partial charge in [0.1, 0.15) is 0 Å². The van der Waals surface area contributed by atoms with Crippen LogP contribution in [0.1, 0.15) is 5.56 Å². The molecule has 0 amide bonds. The van der Waals surface area contributed by atoms with Crippen molar-refractivity contribution in [2.75, 3.05) is 0 Å². The van der Waals surface area contributed by atoms with Crippen molar-refractivity contribution in [1.82, 2.24) is 0 Å². The fourth-order valence-corrected chi connectivity index (χ4v) is 1.52. The highest BCUT2D eigenvalue weighted by molar-refractivity contribution is 9.10. The summed E-state index contributed by atoms with van der Waals surface area (Å²) in [5.74, 6) is -1.23. The molecule has 5 heteroatoms. The molecular weight excluding hydrogens is 271 g/mol. The number of hydrogen-bond donors (Lipinski definition) is 2. The highest BCUT2D eigenvalue weighted by Crippen LogP contribution is 2.23. The minimum Gasteiger partial charge on any atom is -0.479 e. The molecular formula is C9H8BrClO3. The Labute approximate surface area is 94.4 Å². The van der Waals surface area contributed by atoms with Crippen LogP contribution in [-0.2, 0) is 11.2 Å². The van der Waals surface area contributed by atoms with Crippen molar-refractivity contribution in [2.45, 2.75) is 12.5 Å². The number of rotatable bonds is 3. The number of benzene rings is 1. The Hall–Kier alpha value is -0.580. The number of halogens is 2. The molecule has 0 heterocycles. The predicted molar refractivity (Wildman–Crippen MR) is 56.5 cm³/mol. The predicted octanol–water partition coefficient (Wildman–Crippen LogP) is 2.09. The number of carboxylic acids is 1. The van der Waals surface area contributed by atoms with E-state index in [9.17, 15) is 4.79 Å². The molecule has 0 radical (unpaired) electrons. The molecule has 1 aromatic rings. The first-order valence-electron chi connectivity index (χ1n) is 3.85. The number of carboxylic acid groups (broad SMARTS) is 1. The Bertz CT molecular complexity index is 354. The standard InChI is InChI=1S/C9H8BrClO3/c10-6-3-5(1-2-7(6)11)4-8(12)9(13)14/h1-3,8,12H,4H2,(H,13,14). The molecule has 0 aliphatic carbocycles. The summed E-state index contributed by atoms with van der Waals surface area (Å²) in [5, 5.41) is 18.1. The van der Waals surface area contributed by atoms with Crippen molar-refractivity contribution < 1.29 is 15.0 Å². The molecule has 0 aliphatic rings. The Balaban J connectivity index is 2.78. The average Bonchev–Trinajstić information content (AvgIpc) is 2.11. The molecule has 0 spiro atoms. The van der Waals surface area contributed by atoms with Crippen LogP contribution in [0.3, 0.4) is 0 Å². The summed E-state index contributed by atoms with van der Waals surface area (Å²) in [5.41, 5.74) is 0.719. The lowest BCUT2D eigenvalue weighted by atomic mass is 10.1. The Morgan fingerprint density at radius 3 is 2.71 bits per heavy atom. The minimum absolute atomic E-state index is 0.0745. The van der Waals surface area contributed by atoms with E-state index in [4.69, 9.17) is 21.8 Å². The lowest BCUT2D eigenvalue weighted by Crippen LogP contribution is -2.21. The van der Waals surface area contributed by atoms with E-state index in [1.807, 2.05) is 0 Å². The summed E-state index contributed by atoms with van der Waals surface area (Å²) in [6, 6.07) is 5.02. The minimum atomic E-state index is -1.37. The van der Waals surface area contributed by atoms with Gasteiger partial charge >= 0.3 is 5.97 Å². The quantitative estimate of drug-likeness (QED) is 0.891. The molecule has 3 nitrogen and oxygen atoms in total. The summed E-state index contributed by atoms with van der Waals surface area (Å²) in [7, 11) is 0. The average molecular weight is 280 g/mol. The number of hydrogen-bond acceptors (Lipinski definition) is 2. The maximum absolute atomic E-state index is 10.4. The van der Waals surface area contributed by atoms with Gasteiger partial charge in [0.15, 0.2) is 6.10 Å². The molecule has 2 N–H and O–H groups in total. The van der Waals surface area contributed by atoms with E-state index in [0.717, 1.165) is 5.56 Å². The van der Waals surface area contributed by atoms with E-state index in [1.54, 1.807) is 18.2 Å². The smallest absolute Gasteiger partial charge is 0.332 e. The van der Waals surface area contributed by atoms with Gasteiger partial charge in [0, 0.05) is 10.9 Å². The van der Waals surface area contributed by atoms with Crippen LogP contribution in [0.25, 0.3) is 0 Å². The number of aliphatic hydroxyl groups is 1. The second-order valence-electron chi connectivity index (χ2n) is 2.81. The van der Waals surface area contributed by atoms with Gasteiger partial charge in [-0.25, -0.2) is 4.79 Å². The second-order valence-corrected chi connectivity index (χ2v) is 4.07. The Morgan fingerprint density at radius 1 is 1.57 bits per heavy atom. The van der Waals surface area contributed by atoms with Crippen LogP contribution in [0.15, 0.2) is 22.7 Å². The highest BCUT2D eigenvalue weighted by atomic mass is 79.9. The molecule has 0 saturated heterocycles. The van der Waals surface area contributed by atoms with Gasteiger partial charge in [-0.2, -0.15) is 0 Å². The van der Waals surface area contributed by atoms with Crippen molar-refractivity contribution >= 4 is 33.5 Å². The lowest BCUT2D eigenvalue weighted by Gasteiger charge is -2.06. The number of aliphatic hydroxyl groups excluding tert-OH is 1. The first-order chi connectivity index (χ1) is 6.50. The third-order valence-corrected chi connectivity index (χ3v) is 2.91. The van der Waals surface area contributed by atoms with Crippen LogP contribution in [0.2, 0.25) is 5.02 Å². The van der Waals surface area contributed by atoms with Gasteiger partial charge in [-0.3, -0.25) is 0 Å². The topological polar surface area (TPSA) is 57.5 Å². The molecule has 1 atom stereocenters. The molecule has 0 aromatic heterocycles. The molecule has 1 rings (SSSR count). The molecule has 1 unspecified atom stereocenters. The van der Waals surface area contributed by atoms with E-state index >= 15 is 0 Å². The summed E-state index contributed by atoms with van der Waals surface area (Å²) in [6.45, 7) is 0. The zero-order valence-electron chi connectivity index (χ0n) is 7.08. The van der Waals surface area contributed by atoms with Crippen molar-refractivity contribution in [1.29, 1.82) is 0 Å². The molecule has 76 valence electrons. The molecule has 0 bridgehead atoms. The monoisotopic (exact) mass is 278 g/mol. The van der Waals surface area contributed by atoms with Gasteiger partial charge < -0.3 is 10.2 Å². The molecule has 0 fully saturated rings. The van der Waals surface area contributed by atoms with Crippen molar-refractivity contribution in [3.8, 4) is 0 Å². The molecule has 0 aliphatic heterocycles. The SMILES string of the molecule is O=C(O)C(O)Cc1ccc(Cl)c(Br)c1. The van der Waals surface area contributed by atoms with Gasteiger partial charge in [0.05, 0.1) is 5.02 Å². The second kappa shape index (κ2) is 4.77. The van der Waals surface area contributed by atoms with E-state index in [1.165, 1.54) is 0 Å². The van der Waals surface area contributed by atoms with E-state index in [2.05, 4.69) is 15.9 Å². The van der Waals surface area contributed by atoms with Crippen LogP contribution in [0.5, 0.6) is 0 Å².